The average molecular weight is 434 g/mol. The lowest BCUT2D eigenvalue weighted by Gasteiger charge is -2.16. The molecule has 1 amide bonds. The SMILES string of the molecule is CC(=O)NCCn1cc2c(-c3ccccc3)c(-c3ccncc3)c(-c3ccccc3)nc2n1. The van der Waals surface area contributed by atoms with Gasteiger partial charge in [0.25, 0.3) is 0 Å². The maximum absolute atomic E-state index is 11.3. The first-order valence-corrected chi connectivity index (χ1v) is 10.9. The molecule has 0 aliphatic rings. The maximum Gasteiger partial charge on any atom is 0.216 e. The Bertz CT molecular complexity index is 1400. The van der Waals surface area contributed by atoms with E-state index in [4.69, 9.17) is 10.1 Å². The van der Waals surface area contributed by atoms with E-state index in [1.165, 1.54) is 6.92 Å². The van der Waals surface area contributed by atoms with E-state index < -0.39 is 0 Å². The molecule has 0 saturated carbocycles. The van der Waals surface area contributed by atoms with E-state index in [0.717, 1.165) is 38.9 Å². The van der Waals surface area contributed by atoms with E-state index in [2.05, 4.69) is 34.6 Å². The number of pyridine rings is 2. The highest BCUT2D eigenvalue weighted by atomic mass is 16.1. The number of rotatable bonds is 6. The van der Waals surface area contributed by atoms with Crippen LogP contribution in [0.25, 0.3) is 44.5 Å². The van der Waals surface area contributed by atoms with Crippen LogP contribution in [0, 0.1) is 0 Å². The Morgan fingerprint density at radius 2 is 1.48 bits per heavy atom. The van der Waals surface area contributed by atoms with Crippen LogP contribution in [0.4, 0.5) is 0 Å². The quantitative estimate of drug-likeness (QED) is 0.411. The van der Waals surface area contributed by atoms with Crippen LogP contribution < -0.4 is 5.32 Å². The minimum atomic E-state index is -0.0545. The smallest absolute Gasteiger partial charge is 0.216 e. The minimum Gasteiger partial charge on any atom is -0.354 e. The molecule has 5 rings (SSSR count). The summed E-state index contributed by atoms with van der Waals surface area (Å²) in [5.74, 6) is -0.0545. The highest BCUT2D eigenvalue weighted by Gasteiger charge is 2.21. The second kappa shape index (κ2) is 9.04. The first kappa shape index (κ1) is 20.6. The fourth-order valence-corrected chi connectivity index (χ4v) is 4.06. The predicted molar refractivity (Wildman–Crippen MR) is 130 cm³/mol. The van der Waals surface area contributed by atoms with Crippen LogP contribution in [-0.4, -0.2) is 32.2 Å². The van der Waals surface area contributed by atoms with Gasteiger partial charge in [-0.2, -0.15) is 5.10 Å². The van der Waals surface area contributed by atoms with E-state index >= 15 is 0 Å². The Hall–Kier alpha value is -4.32. The Labute approximate surface area is 192 Å². The van der Waals surface area contributed by atoms with Crippen molar-refractivity contribution in [3.8, 4) is 33.5 Å². The zero-order valence-corrected chi connectivity index (χ0v) is 18.3. The molecule has 0 unspecified atom stereocenters. The molecule has 6 heteroatoms. The predicted octanol–water partition coefficient (Wildman–Crippen LogP) is 4.96. The molecular weight excluding hydrogens is 410 g/mol. The van der Waals surface area contributed by atoms with Gasteiger partial charge in [0.2, 0.25) is 5.91 Å². The average Bonchev–Trinajstić information content (AvgIpc) is 3.26. The largest absolute Gasteiger partial charge is 0.354 e. The third kappa shape index (κ3) is 4.23. The summed E-state index contributed by atoms with van der Waals surface area (Å²) in [6.45, 7) is 2.59. The van der Waals surface area contributed by atoms with Gasteiger partial charge in [-0.05, 0) is 23.3 Å². The third-order valence-electron chi connectivity index (χ3n) is 5.51. The number of nitrogens with zero attached hydrogens (tertiary/aromatic N) is 4. The fraction of sp³-hybridized carbons (Fsp3) is 0.111. The first-order valence-electron chi connectivity index (χ1n) is 10.9. The van der Waals surface area contributed by atoms with E-state index in [-0.39, 0.29) is 5.91 Å². The molecule has 3 aromatic heterocycles. The number of amides is 1. The topological polar surface area (TPSA) is 72.7 Å². The lowest BCUT2D eigenvalue weighted by molar-refractivity contribution is -0.118. The van der Waals surface area contributed by atoms with Crippen molar-refractivity contribution in [2.24, 2.45) is 0 Å². The minimum absolute atomic E-state index is 0.0545. The van der Waals surface area contributed by atoms with Gasteiger partial charge in [-0.15, -0.1) is 0 Å². The highest BCUT2D eigenvalue weighted by Crippen LogP contribution is 2.42. The van der Waals surface area contributed by atoms with Crippen LogP contribution in [0.1, 0.15) is 6.92 Å². The van der Waals surface area contributed by atoms with E-state index in [0.29, 0.717) is 18.7 Å². The fourth-order valence-electron chi connectivity index (χ4n) is 4.06. The summed E-state index contributed by atoms with van der Waals surface area (Å²) in [7, 11) is 0. The molecule has 0 aliphatic heterocycles. The van der Waals surface area contributed by atoms with Crippen molar-refractivity contribution in [1.29, 1.82) is 0 Å². The van der Waals surface area contributed by atoms with Crippen molar-refractivity contribution in [2.45, 2.75) is 13.5 Å². The monoisotopic (exact) mass is 433 g/mol. The second-order valence-electron chi connectivity index (χ2n) is 7.79. The highest BCUT2D eigenvalue weighted by molar-refractivity contribution is 6.05. The van der Waals surface area contributed by atoms with Gasteiger partial charge in [0.1, 0.15) is 0 Å². The zero-order chi connectivity index (χ0) is 22.6. The molecule has 0 atom stereocenters. The van der Waals surface area contributed by atoms with Crippen molar-refractivity contribution in [3.63, 3.8) is 0 Å². The number of nitrogens with one attached hydrogen (secondary N) is 1. The summed E-state index contributed by atoms with van der Waals surface area (Å²) in [5.41, 5.74) is 6.84. The number of hydrogen-bond donors (Lipinski definition) is 1. The molecule has 162 valence electrons. The Balaban J connectivity index is 1.80. The normalized spacial score (nSPS) is 10.9. The van der Waals surface area contributed by atoms with Crippen molar-refractivity contribution in [1.82, 2.24) is 25.1 Å². The van der Waals surface area contributed by atoms with Crippen LogP contribution in [0.3, 0.4) is 0 Å². The number of carbonyl (C=O) groups is 1. The summed E-state index contributed by atoms with van der Waals surface area (Å²) in [5, 5.41) is 8.56. The van der Waals surface area contributed by atoms with Gasteiger partial charge in [0, 0.05) is 54.1 Å². The van der Waals surface area contributed by atoms with Gasteiger partial charge < -0.3 is 5.32 Å². The van der Waals surface area contributed by atoms with Crippen LogP contribution >= 0.6 is 0 Å². The molecule has 0 fully saturated rings. The second-order valence-corrected chi connectivity index (χ2v) is 7.79. The van der Waals surface area contributed by atoms with Crippen LogP contribution in [0.5, 0.6) is 0 Å². The number of carbonyl (C=O) groups excluding carboxylic acids is 1. The third-order valence-corrected chi connectivity index (χ3v) is 5.51. The molecule has 5 aromatic rings. The number of aromatic nitrogens is 4. The summed E-state index contributed by atoms with van der Waals surface area (Å²) in [6.07, 6.45) is 5.63. The zero-order valence-electron chi connectivity index (χ0n) is 18.3. The van der Waals surface area contributed by atoms with Gasteiger partial charge in [-0.1, -0.05) is 60.7 Å². The number of hydrogen-bond acceptors (Lipinski definition) is 4. The molecule has 2 aromatic carbocycles. The van der Waals surface area contributed by atoms with Gasteiger partial charge >= 0.3 is 0 Å². The van der Waals surface area contributed by atoms with E-state index in [9.17, 15) is 4.79 Å². The van der Waals surface area contributed by atoms with Crippen LogP contribution in [-0.2, 0) is 11.3 Å². The van der Waals surface area contributed by atoms with Crippen molar-refractivity contribution in [2.75, 3.05) is 6.54 Å². The molecule has 6 nitrogen and oxygen atoms in total. The maximum atomic E-state index is 11.3. The van der Waals surface area contributed by atoms with Gasteiger partial charge in [-0.25, -0.2) is 4.98 Å². The molecule has 33 heavy (non-hydrogen) atoms. The molecule has 3 heterocycles. The van der Waals surface area contributed by atoms with Crippen molar-refractivity contribution >= 4 is 16.9 Å². The molecule has 0 radical (unpaired) electrons. The van der Waals surface area contributed by atoms with Gasteiger partial charge in [0.15, 0.2) is 5.65 Å². The number of benzene rings is 2. The van der Waals surface area contributed by atoms with Crippen molar-refractivity contribution < 1.29 is 4.79 Å². The summed E-state index contributed by atoms with van der Waals surface area (Å²) >= 11 is 0. The Kier molecular flexibility index (Phi) is 5.64. The molecule has 0 spiro atoms. The van der Waals surface area contributed by atoms with Gasteiger partial charge in [0.05, 0.1) is 12.2 Å². The van der Waals surface area contributed by atoms with Crippen LogP contribution in [0.2, 0.25) is 0 Å². The van der Waals surface area contributed by atoms with Crippen LogP contribution in [0.15, 0.2) is 91.4 Å². The summed E-state index contributed by atoms with van der Waals surface area (Å²) < 4.78 is 1.85. The Morgan fingerprint density at radius 3 is 2.15 bits per heavy atom. The molecule has 0 saturated heterocycles. The Morgan fingerprint density at radius 1 is 0.848 bits per heavy atom. The molecular formula is C27H23N5O. The van der Waals surface area contributed by atoms with E-state index in [1.54, 1.807) is 12.4 Å². The lowest BCUT2D eigenvalue weighted by Crippen LogP contribution is -2.24. The first-order chi connectivity index (χ1) is 16.2. The van der Waals surface area contributed by atoms with Gasteiger partial charge in [-0.3, -0.25) is 14.5 Å². The van der Waals surface area contributed by atoms with E-state index in [1.807, 2.05) is 59.4 Å². The lowest BCUT2D eigenvalue weighted by atomic mass is 9.90. The van der Waals surface area contributed by atoms with Crippen molar-refractivity contribution in [3.05, 3.63) is 91.4 Å². The number of fused-ring (bicyclic) bond motifs is 1. The summed E-state index contributed by atoms with van der Waals surface area (Å²) in [4.78, 5) is 20.5. The molecule has 0 bridgehead atoms. The summed E-state index contributed by atoms with van der Waals surface area (Å²) in [6, 6.07) is 24.5. The molecule has 1 N–H and O–H groups in total. The molecule has 0 aliphatic carbocycles. The standard InChI is InChI=1S/C27H23N5O/c1-19(33)29-16-17-32-18-23-24(20-8-4-2-5-9-20)25(21-12-14-28-15-13-21)26(30-27(23)31-32)22-10-6-3-7-11-22/h2-15,18H,16-17H2,1H3,(H,29,33).